The molecule has 1 aliphatic heterocycles. The molecule has 2 aliphatic rings. The molecule has 4 heteroatoms. The van der Waals surface area contributed by atoms with Crippen LogP contribution in [0.1, 0.15) is 33.1 Å². The lowest BCUT2D eigenvalue weighted by molar-refractivity contribution is -0.140. The van der Waals surface area contributed by atoms with Gasteiger partial charge in [-0.2, -0.15) is 12.6 Å². The second-order valence-corrected chi connectivity index (χ2v) is 6.35. The van der Waals surface area contributed by atoms with Crippen LogP contribution in [-0.4, -0.2) is 22.6 Å². The van der Waals surface area contributed by atoms with Crippen molar-refractivity contribution in [1.82, 2.24) is 0 Å². The predicted octanol–water partition coefficient (Wildman–Crippen LogP) is 2.47. The molecule has 2 unspecified atom stereocenters. The Bertz CT molecular complexity index is 434. The summed E-state index contributed by atoms with van der Waals surface area (Å²) >= 11 is 4.60. The summed E-state index contributed by atoms with van der Waals surface area (Å²) in [6.07, 6.45) is 6.89. The smallest absolute Gasteiger partial charge is 0.334 e. The summed E-state index contributed by atoms with van der Waals surface area (Å²) in [5.41, 5.74) is 0.701. The van der Waals surface area contributed by atoms with Crippen LogP contribution >= 0.6 is 12.6 Å². The maximum absolute atomic E-state index is 11.9. The first-order valence-electron chi connectivity index (χ1n) is 6.24. The van der Waals surface area contributed by atoms with Gasteiger partial charge < -0.3 is 4.74 Å². The van der Waals surface area contributed by atoms with Gasteiger partial charge in [0.1, 0.15) is 6.10 Å². The third-order valence-electron chi connectivity index (χ3n) is 3.53. The largest absolute Gasteiger partial charge is 0.453 e. The van der Waals surface area contributed by atoms with Crippen molar-refractivity contribution in [3.8, 4) is 0 Å². The zero-order chi connectivity index (χ0) is 13.3. The summed E-state index contributed by atoms with van der Waals surface area (Å²) in [5.74, 6) is -0.240. The molecule has 0 aromatic heterocycles. The number of carbonyl (C=O) groups excluding carboxylic acids is 2. The maximum Gasteiger partial charge on any atom is 0.334 e. The monoisotopic (exact) mass is 266 g/mol. The number of carbonyl (C=O) groups is 2. The van der Waals surface area contributed by atoms with E-state index in [2.05, 4.69) is 12.6 Å². The van der Waals surface area contributed by atoms with Gasteiger partial charge in [-0.1, -0.05) is 13.0 Å². The van der Waals surface area contributed by atoms with E-state index in [9.17, 15) is 9.59 Å². The van der Waals surface area contributed by atoms with E-state index >= 15 is 0 Å². The van der Waals surface area contributed by atoms with Gasteiger partial charge in [0.2, 0.25) is 0 Å². The van der Waals surface area contributed by atoms with E-state index in [-0.39, 0.29) is 23.8 Å². The molecule has 0 amide bonds. The van der Waals surface area contributed by atoms with E-state index in [1.165, 1.54) is 0 Å². The van der Waals surface area contributed by atoms with Gasteiger partial charge in [-0.25, -0.2) is 4.79 Å². The summed E-state index contributed by atoms with van der Waals surface area (Å²) in [4.78, 5) is 23.5. The normalized spacial score (nSPS) is 38.7. The van der Waals surface area contributed by atoms with E-state index in [1.54, 1.807) is 6.08 Å². The Morgan fingerprint density at radius 1 is 1.44 bits per heavy atom. The first-order chi connectivity index (χ1) is 8.40. The van der Waals surface area contributed by atoms with Crippen molar-refractivity contribution in [3.63, 3.8) is 0 Å². The third-order valence-corrected chi connectivity index (χ3v) is 3.97. The van der Waals surface area contributed by atoms with E-state index in [0.29, 0.717) is 24.8 Å². The molecule has 3 atom stereocenters. The Morgan fingerprint density at radius 2 is 2.17 bits per heavy atom. The number of hydrogen-bond acceptors (Lipinski definition) is 4. The molecule has 0 saturated carbocycles. The van der Waals surface area contributed by atoms with E-state index in [4.69, 9.17) is 4.74 Å². The van der Waals surface area contributed by atoms with E-state index in [1.807, 2.05) is 26.0 Å². The van der Waals surface area contributed by atoms with Crippen LogP contribution in [0.5, 0.6) is 0 Å². The standard InChI is InChI=1S/C14H18O3S/c1-9-8-14(2,18)12-7-10(13(16)17-12)5-3-4-6-11(9)15/h4,6-7,9,12,18H,3,5,8H2,1-2H3/b6-4+/t9?,12?,14-/m0/s1. The Labute approximate surface area is 113 Å². The number of thiol groups is 1. The van der Waals surface area contributed by atoms with Crippen LogP contribution < -0.4 is 0 Å². The average molecular weight is 266 g/mol. The molecule has 2 bridgehead atoms. The topological polar surface area (TPSA) is 43.4 Å². The number of allylic oxidation sites excluding steroid dienone is 2. The van der Waals surface area contributed by atoms with Gasteiger partial charge in [0.15, 0.2) is 5.78 Å². The molecule has 2 rings (SSSR count). The first-order valence-corrected chi connectivity index (χ1v) is 6.69. The maximum atomic E-state index is 11.9. The van der Waals surface area contributed by atoms with Crippen LogP contribution in [0.4, 0.5) is 0 Å². The van der Waals surface area contributed by atoms with Crippen molar-refractivity contribution in [2.24, 2.45) is 5.92 Å². The zero-order valence-corrected chi connectivity index (χ0v) is 11.6. The van der Waals surface area contributed by atoms with Crippen molar-refractivity contribution in [3.05, 3.63) is 23.8 Å². The number of hydrogen-bond donors (Lipinski definition) is 1. The highest BCUT2D eigenvalue weighted by molar-refractivity contribution is 7.81. The SMILES string of the molecule is CC1C[C@](C)(S)C2C=C(CC/C=C/C1=O)C(=O)O2. The van der Waals surface area contributed by atoms with Crippen molar-refractivity contribution in [2.45, 2.75) is 44.0 Å². The third kappa shape index (κ3) is 2.69. The molecule has 1 heterocycles. The van der Waals surface area contributed by atoms with Crippen LogP contribution in [0.2, 0.25) is 0 Å². The highest BCUT2D eigenvalue weighted by atomic mass is 32.1. The lowest BCUT2D eigenvalue weighted by Gasteiger charge is -2.30. The Kier molecular flexibility index (Phi) is 3.66. The lowest BCUT2D eigenvalue weighted by atomic mass is 9.89. The molecule has 1 aliphatic carbocycles. The number of fused-ring (bicyclic) bond motifs is 1. The molecule has 98 valence electrons. The minimum atomic E-state index is -0.509. The van der Waals surface area contributed by atoms with Crippen LogP contribution in [0, 0.1) is 5.92 Å². The van der Waals surface area contributed by atoms with Gasteiger partial charge in [0, 0.05) is 11.5 Å². The Morgan fingerprint density at radius 3 is 2.89 bits per heavy atom. The molecular weight excluding hydrogens is 248 g/mol. The molecule has 0 N–H and O–H groups in total. The van der Waals surface area contributed by atoms with Gasteiger partial charge in [-0.3, -0.25) is 4.79 Å². The van der Waals surface area contributed by atoms with Crippen LogP contribution in [0.3, 0.4) is 0 Å². The molecular formula is C14H18O3S. The second-order valence-electron chi connectivity index (χ2n) is 5.32. The van der Waals surface area contributed by atoms with Crippen LogP contribution in [-0.2, 0) is 14.3 Å². The van der Waals surface area contributed by atoms with E-state index < -0.39 is 4.75 Å². The highest BCUT2D eigenvalue weighted by Gasteiger charge is 2.39. The molecule has 18 heavy (non-hydrogen) atoms. The Balaban J connectivity index is 2.29. The molecule has 0 fully saturated rings. The molecule has 0 spiro atoms. The average Bonchev–Trinajstić information content (AvgIpc) is 2.65. The van der Waals surface area contributed by atoms with Gasteiger partial charge >= 0.3 is 5.97 Å². The summed E-state index contributed by atoms with van der Waals surface area (Å²) in [5, 5.41) is 0. The molecule has 0 aromatic rings. The van der Waals surface area contributed by atoms with Crippen molar-refractivity contribution in [1.29, 1.82) is 0 Å². The van der Waals surface area contributed by atoms with Gasteiger partial charge in [0.05, 0.1) is 4.75 Å². The number of ether oxygens (including phenoxy) is 1. The minimum Gasteiger partial charge on any atom is -0.453 e. The fourth-order valence-corrected chi connectivity index (χ4v) is 2.81. The lowest BCUT2D eigenvalue weighted by Crippen LogP contribution is -2.36. The van der Waals surface area contributed by atoms with Crippen molar-refractivity contribution in [2.75, 3.05) is 0 Å². The quantitative estimate of drug-likeness (QED) is 0.541. The summed E-state index contributed by atoms with van der Waals surface area (Å²) in [6, 6.07) is 0. The highest BCUT2D eigenvalue weighted by Crippen LogP contribution is 2.35. The van der Waals surface area contributed by atoms with Gasteiger partial charge in [0.25, 0.3) is 0 Å². The summed E-state index contributed by atoms with van der Waals surface area (Å²) < 4.78 is 4.84. The fourth-order valence-electron chi connectivity index (χ4n) is 2.41. The van der Waals surface area contributed by atoms with Crippen molar-refractivity contribution >= 4 is 24.4 Å². The van der Waals surface area contributed by atoms with Gasteiger partial charge in [-0.05, 0) is 38.3 Å². The predicted molar refractivity (Wildman–Crippen MR) is 72.5 cm³/mol. The van der Waals surface area contributed by atoms with Crippen molar-refractivity contribution < 1.29 is 14.3 Å². The minimum absolute atomic E-state index is 0.113. The molecule has 0 radical (unpaired) electrons. The zero-order valence-electron chi connectivity index (χ0n) is 10.7. The Hall–Kier alpha value is -1.03. The van der Waals surface area contributed by atoms with Crippen LogP contribution in [0.15, 0.2) is 23.8 Å². The van der Waals surface area contributed by atoms with Gasteiger partial charge in [-0.15, -0.1) is 0 Å². The summed E-state index contributed by atoms with van der Waals surface area (Å²) in [7, 11) is 0. The fraction of sp³-hybridized carbons (Fsp3) is 0.571. The van der Waals surface area contributed by atoms with E-state index in [0.717, 1.165) is 0 Å². The molecule has 0 saturated heterocycles. The molecule has 0 aromatic carbocycles. The molecule has 3 nitrogen and oxygen atoms in total. The number of ketones is 1. The van der Waals surface area contributed by atoms with Crippen LogP contribution in [0.25, 0.3) is 0 Å². The summed E-state index contributed by atoms with van der Waals surface area (Å²) in [6.45, 7) is 3.80. The number of esters is 1. The first kappa shape index (κ1) is 13.4. The second kappa shape index (κ2) is 4.92. The number of rotatable bonds is 0.